The Kier molecular flexibility index (Phi) is 6.67. The molecular weight excluding hydrogens is 384 g/mol. The second-order valence-electron chi connectivity index (χ2n) is 8.57. The van der Waals surface area contributed by atoms with Crippen molar-refractivity contribution in [2.45, 2.75) is 64.3 Å². The Hall–Kier alpha value is -2.58. The lowest BCUT2D eigenvalue weighted by Gasteiger charge is -2.32. The van der Waals surface area contributed by atoms with Crippen LogP contribution in [-0.2, 0) is 20.9 Å². The monoisotopic (exact) mass is 414 g/mol. The van der Waals surface area contributed by atoms with Crippen molar-refractivity contribution in [3.05, 3.63) is 35.4 Å². The van der Waals surface area contributed by atoms with E-state index in [2.05, 4.69) is 10.6 Å². The van der Waals surface area contributed by atoms with Crippen LogP contribution < -0.4 is 16.4 Å². The van der Waals surface area contributed by atoms with Crippen molar-refractivity contribution in [1.29, 1.82) is 0 Å². The highest BCUT2D eigenvalue weighted by atomic mass is 16.2. The van der Waals surface area contributed by atoms with E-state index in [0.717, 1.165) is 5.56 Å². The number of Topliss-reactive ketones (excluding diaryl/α,β-unsaturated/α-hetero) is 2. The lowest BCUT2D eigenvalue weighted by Crippen LogP contribution is -2.56. The molecule has 2 amide bonds. The lowest BCUT2D eigenvalue weighted by molar-refractivity contribution is -0.143. The van der Waals surface area contributed by atoms with Gasteiger partial charge in [-0.1, -0.05) is 26.0 Å². The number of hydrogen-bond donors (Lipinski definition) is 3. The van der Waals surface area contributed by atoms with Crippen LogP contribution in [0.1, 0.15) is 49.5 Å². The predicted molar refractivity (Wildman–Crippen MR) is 112 cm³/mol. The van der Waals surface area contributed by atoms with E-state index in [1.54, 1.807) is 18.2 Å². The van der Waals surface area contributed by atoms with Crippen molar-refractivity contribution < 1.29 is 19.2 Å². The number of nitrogens with two attached hydrogens (primary N) is 1. The van der Waals surface area contributed by atoms with Crippen LogP contribution in [0.25, 0.3) is 0 Å². The predicted octanol–water partition coefficient (Wildman–Crippen LogP) is 0.389. The molecule has 8 heteroatoms. The summed E-state index contributed by atoms with van der Waals surface area (Å²) in [5.41, 5.74) is 6.89. The molecule has 0 bridgehead atoms. The molecule has 1 aromatic rings. The van der Waals surface area contributed by atoms with E-state index in [4.69, 9.17) is 5.73 Å². The number of carbonyl (C=O) groups is 4. The first-order valence-corrected chi connectivity index (χ1v) is 10.4. The Morgan fingerprint density at radius 3 is 2.67 bits per heavy atom. The molecule has 2 aliphatic heterocycles. The summed E-state index contributed by atoms with van der Waals surface area (Å²) in [5.74, 6) is -0.881. The Morgan fingerprint density at radius 2 is 2.03 bits per heavy atom. The first-order valence-electron chi connectivity index (χ1n) is 10.4. The number of nitrogens with one attached hydrogen (secondary N) is 2. The average molecular weight is 415 g/mol. The first-order chi connectivity index (χ1) is 14.2. The first kappa shape index (κ1) is 22.1. The van der Waals surface area contributed by atoms with E-state index in [-0.39, 0.29) is 41.9 Å². The van der Waals surface area contributed by atoms with Gasteiger partial charge < -0.3 is 21.3 Å². The van der Waals surface area contributed by atoms with Crippen LogP contribution in [0.3, 0.4) is 0 Å². The summed E-state index contributed by atoms with van der Waals surface area (Å²) in [7, 11) is 0. The maximum Gasteiger partial charge on any atom is 0.251 e. The fourth-order valence-corrected chi connectivity index (χ4v) is 4.39. The van der Waals surface area contributed by atoms with E-state index in [1.165, 1.54) is 11.8 Å². The summed E-state index contributed by atoms with van der Waals surface area (Å²) in [4.78, 5) is 52.5. The van der Waals surface area contributed by atoms with Crippen molar-refractivity contribution in [1.82, 2.24) is 15.5 Å². The molecule has 30 heavy (non-hydrogen) atoms. The summed E-state index contributed by atoms with van der Waals surface area (Å²) >= 11 is 0. The molecule has 162 valence electrons. The third-order valence-electron chi connectivity index (χ3n) is 5.82. The second-order valence-corrected chi connectivity index (χ2v) is 8.57. The van der Waals surface area contributed by atoms with Gasteiger partial charge in [-0.3, -0.25) is 19.2 Å². The lowest BCUT2D eigenvalue weighted by atomic mass is 10.0. The number of likely N-dealkylation sites (tertiary alicyclic amines) is 1. The normalized spacial score (nSPS) is 24.1. The molecule has 0 spiro atoms. The highest BCUT2D eigenvalue weighted by Gasteiger charge is 2.52. The molecule has 2 heterocycles. The van der Waals surface area contributed by atoms with Crippen LogP contribution in [0.5, 0.6) is 0 Å². The van der Waals surface area contributed by atoms with Crippen LogP contribution in [-0.4, -0.2) is 59.0 Å². The van der Waals surface area contributed by atoms with Gasteiger partial charge in [-0.15, -0.1) is 0 Å². The number of nitrogens with zero attached hydrogens (tertiary/aromatic N) is 1. The van der Waals surface area contributed by atoms with Gasteiger partial charge in [0.15, 0.2) is 11.6 Å². The molecular formula is C22H30N4O4. The molecule has 0 radical (unpaired) electrons. The minimum absolute atomic E-state index is 0.0950. The van der Waals surface area contributed by atoms with Crippen LogP contribution in [0.15, 0.2) is 24.3 Å². The SMILES string of the molecule is CC(=O)C1CC2NCC(=O)C2N1C(=O)[C@H](CC(C)C)NC(=O)c1cccc(CN)c1. The van der Waals surface area contributed by atoms with Crippen LogP contribution >= 0.6 is 0 Å². The van der Waals surface area contributed by atoms with Gasteiger partial charge in [0.05, 0.1) is 12.6 Å². The van der Waals surface area contributed by atoms with Crippen molar-refractivity contribution in [3.8, 4) is 0 Å². The van der Waals surface area contributed by atoms with Gasteiger partial charge in [0.2, 0.25) is 5.91 Å². The number of carbonyl (C=O) groups excluding carboxylic acids is 4. The Balaban J connectivity index is 1.86. The molecule has 0 saturated carbocycles. The van der Waals surface area contributed by atoms with Crippen molar-refractivity contribution in [2.24, 2.45) is 11.7 Å². The molecule has 2 aliphatic rings. The van der Waals surface area contributed by atoms with E-state index in [0.29, 0.717) is 24.9 Å². The molecule has 4 atom stereocenters. The summed E-state index contributed by atoms with van der Waals surface area (Å²) in [6.07, 6.45) is 0.819. The van der Waals surface area contributed by atoms with Crippen LogP contribution in [0, 0.1) is 5.92 Å². The molecule has 2 saturated heterocycles. The number of ketones is 2. The molecule has 0 aromatic heterocycles. The summed E-state index contributed by atoms with van der Waals surface area (Å²) in [6.45, 7) is 5.85. The number of benzene rings is 1. The molecule has 3 rings (SSSR count). The fraction of sp³-hybridized carbons (Fsp3) is 0.545. The van der Waals surface area contributed by atoms with E-state index < -0.39 is 18.1 Å². The van der Waals surface area contributed by atoms with Gasteiger partial charge in [-0.05, 0) is 43.4 Å². The van der Waals surface area contributed by atoms with Crippen molar-refractivity contribution >= 4 is 23.4 Å². The Morgan fingerprint density at radius 1 is 1.30 bits per heavy atom. The fourth-order valence-electron chi connectivity index (χ4n) is 4.39. The average Bonchev–Trinajstić information content (AvgIpc) is 3.26. The second kappa shape index (κ2) is 9.06. The quantitative estimate of drug-likeness (QED) is 0.593. The molecule has 3 unspecified atom stereocenters. The third kappa shape index (κ3) is 4.44. The van der Waals surface area contributed by atoms with Gasteiger partial charge in [0, 0.05) is 18.2 Å². The molecule has 0 aliphatic carbocycles. The number of rotatable bonds is 7. The summed E-state index contributed by atoms with van der Waals surface area (Å²) in [5, 5.41) is 5.94. The zero-order chi connectivity index (χ0) is 22.0. The van der Waals surface area contributed by atoms with E-state index >= 15 is 0 Å². The zero-order valence-corrected chi connectivity index (χ0v) is 17.7. The van der Waals surface area contributed by atoms with Crippen molar-refractivity contribution in [3.63, 3.8) is 0 Å². The minimum atomic E-state index is -0.826. The van der Waals surface area contributed by atoms with Crippen molar-refractivity contribution in [2.75, 3.05) is 6.54 Å². The Labute approximate surface area is 176 Å². The smallest absolute Gasteiger partial charge is 0.251 e. The highest BCUT2D eigenvalue weighted by Crippen LogP contribution is 2.30. The topological polar surface area (TPSA) is 122 Å². The highest BCUT2D eigenvalue weighted by molar-refractivity contribution is 6.01. The molecule has 2 fully saturated rings. The largest absolute Gasteiger partial charge is 0.340 e. The molecule has 1 aromatic carbocycles. The maximum absolute atomic E-state index is 13.5. The maximum atomic E-state index is 13.5. The summed E-state index contributed by atoms with van der Waals surface area (Å²) < 4.78 is 0. The van der Waals surface area contributed by atoms with E-state index in [1.807, 2.05) is 19.9 Å². The van der Waals surface area contributed by atoms with Gasteiger partial charge in [0.25, 0.3) is 5.91 Å². The third-order valence-corrected chi connectivity index (χ3v) is 5.82. The standard InChI is InChI=1S/C22H30N4O4/c1-12(2)7-17(25-21(29)15-6-4-5-14(8-15)10-23)22(30)26-18(13(3)27)9-16-20(26)19(28)11-24-16/h4-6,8,12,16-18,20,24H,7,9-11,23H2,1-3H3,(H,25,29)/t16?,17-,18?,20?/m0/s1. The van der Waals surface area contributed by atoms with Crippen LogP contribution in [0.4, 0.5) is 0 Å². The van der Waals surface area contributed by atoms with Gasteiger partial charge in [0.1, 0.15) is 12.1 Å². The zero-order valence-electron chi connectivity index (χ0n) is 17.7. The number of hydrogen-bond acceptors (Lipinski definition) is 6. The van der Waals surface area contributed by atoms with Gasteiger partial charge >= 0.3 is 0 Å². The van der Waals surface area contributed by atoms with Crippen LogP contribution in [0.2, 0.25) is 0 Å². The molecule has 4 N–H and O–H groups in total. The van der Waals surface area contributed by atoms with Gasteiger partial charge in [-0.2, -0.15) is 0 Å². The number of fused-ring (bicyclic) bond motifs is 1. The minimum Gasteiger partial charge on any atom is -0.340 e. The number of amides is 2. The van der Waals surface area contributed by atoms with E-state index in [9.17, 15) is 19.2 Å². The van der Waals surface area contributed by atoms with Gasteiger partial charge in [-0.25, -0.2) is 0 Å². The molecule has 8 nitrogen and oxygen atoms in total. The Bertz CT molecular complexity index is 853. The summed E-state index contributed by atoms with van der Waals surface area (Å²) in [6, 6.07) is 4.58.